The first-order valence-electron chi connectivity index (χ1n) is 5.59. The van der Waals surface area contributed by atoms with Gasteiger partial charge in [0.2, 0.25) is 0 Å². The number of nitro groups is 1. The number of allylic oxidation sites excluding steroid dienone is 1. The molecule has 1 heterocycles. The fourth-order valence-electron chi connectivity index (χ4n) is 1.55. The molecule has 5 heteroatoms. The lowest BCUT2D eigenvalue weighted by Crippen LogP contribution is -1.95. The Morgan fingerprint density at radius 3 is 2.47 bits per heavy atom. The number of thiophene rings is 1. The van der Waals surface area contributed by atoms with Gasteiger partial charge in [0, 0.05) is 22.6 Å². The van der Waals surface area contributed by atoms with Crippen LogP contribution < -0.4 is 0 Å². The van der Waals surface area contributed by atoms with Crippen LogP contribution in [-0.4, -0.2) is 10.7 Å². The standard InChI is InChI=1S/C14H11NO3S/c1-10-8-9-19-14(10)7-6-13(16)11-2-4-12(5-3-11)15(17)18/h2-9H,1H3. The van der Waals surface area contributed by atoms with Crippen LogP contribution in [0.3, 0.4) is 0 Å². The van der Waals surface area contributed by atoms with Crippen LogP contribution >= 0.6 is 11.3 Å². The summed E-state index contributed by atoms with van der Waals surface area (Å²) in [7, 11) is 0. The Hall–Kier alpha value is -2.27. The lowest BCUT2D eigenvalue weighted by molar-refractivity contribution is -0.384. The largest absolute Gasteiger partial charge is 0.289 e. The highest BCUT2D eigenvalue weighted by Gasteiger charge is 2.07. The first kappa shape index (κ1) is 13.2. The van der Waals surface area contributed by atoms with Crippen molar-refractivity contribution in [2.24, 2.45) is 0 Å². The molecule has 0 bridgehead atoms. The molecule has 2 rings (SSSR count). The first-order chi connectivity index (χ1) is 9.08. The van der Waals surface area contributed by atoms with Crippen molar-refractivity contribution in [2.45, 2.75) is 6.92 Å². The van der Waals surface area contributed by atoms with Gasteiger partial charge in [-0.05, 0) is 48.2 Å². The molecule has 0 aliphatic rings. The van der Waals surface area contributed by atoms with Crippen LogP contribution in [-0.2, 0) is 0 Å². The average Bonchev–Trinajstić information content (AvgIpc) is 2.81. The number of hydrogen-bond donors (Lipinski definition) is 0. The zero-order chi connectivity index (χ0) is 13.8. The van der Waals surface area contributed by atoms with Gasteiger partial charge in [-0.1, -0.05) is 0 Å². The SMILES string of the molecule is Cc1ccsc1C=CC(=O)c1ccc([N+](=O)[O-])cc1. The topological polar surface area (TPSA) is 60.2 Å². The summed E-state index contributed by atoms with van der Waals surface area (Å²) >= 11 is 1.56. The van der Waals surface area contributed by atoms with Crippen molar-refractivity contribution in [1.29, 1.82) is 0 Å². The molecule has 1 aromatic heterocycles. The number of ketones is 1. The highest BCUT2D eigenvalue weighted by atomic mass is 32.1. The Labute approximate surface area is 114 Å². The van der Waals surface area contributed by atoms with Gasteiger partial charge in [0.25, 0.3) is 5.69 Å². The summed E-state index contributed by atoms with van der Waals surface area (Å²) < 4.78 is 0. The van der Waals surface area contributed by atoms with Crippen LogP contribution in [0.25, 0.3) is 6.08 Å². The van der Waals surface area contributed by atoms with Gasteiger partial charge in [-0.25, -0.2) is 0 Å². The third-order valence-corrected chi connectivity index (χ3v) is 3.63. The van der Waals surface area contributed by atoms with E-state index in [4.69, 9.17) is 0 Å². The summed E-state index contributed by atoms with van der Waals surface area (Å²) in [6.07, 6.45) is 3.25. The maximum atomic E-state index is 11.9. The van der Waals surface area contributed by atoms with Crippen molar-refractivity contribution >= 4 is 28.9 Å². The highest BCUT2D eigenvalue weighted by molar-refractivity contribution is 7.11. The Balaban J connectivity index is 2.14. The molecule has 0 atom stereocenters. The minimum atomic E-state index is -0.487. The highest BCUT2D eigenvalue weighted by Crippen LogP contribution is 2.18. The number of aryl methyl sites for hydroxylation is 1. The van der Waals surface area contributed by atoms with Gasteiger partial charge in [0.1, 0.15) is 0 Å². The Morgan fingerprint density at radius 2 is 1.95 bits per heavy atom. The van der Waals surface area contributed by atoms with Crippen LogP contribution in [0.1, 0.15) is 20.8 Å². The molecule has 0 spiro atoms. The number of nitro benzene ring substituents is 1. The summed E-state index contributed by atoms with van der Waals surface area (Å²) in [6, 6.07) is 7.58. The molecule has 0 N–H and O–H groups in total. The van der Waals surface area contributed by atoms with Gasteiger partial charge in [-0.15, -0.1) is 11.3 Å². The minimum absolute atomic E-state index is 0.0189. The Morgan fingerprint density at radius 1 is 1.26 bits per heavy atom. The minimum Gasteiger partial charge on any atom is -0.289 e. The quantitative estimate of drug-likeness (QED) is 0.368. The number of carbonyl (C=O) groups is 1. The summed E-state index contributed by atoms with van der Waals surface area (Å²) in [4.78, 5) is 22.9. The van der Waals surface area contributed by atoms with Crippen molar-refractivity contribution < 1.29 is 9.72 Å². The van der Waals surface area contributed by atoms with Crippen molar-refractivity contribution in [1.82, 2.24) is 0 Å². The summed E-state index contributed by atoms with van der Waals surface area (Å²) in [5.74, 6) is -0.164. The van der Waals surface area contributed by atoms with Gasteiger partial charge >= 0.3 is 0 Å². The first-order valence-corrected chi connectivity index (χ1v) is 6.47. The molecule has 0 aliphatic carbocycles. The molecule has 0 radical (unpaired) electrons. The van der Waals surface area contributed by atoms with E-state index >= 15 is 0 Å². The van der Waals surface area contributed by atoms with Crippen molar-refractivity contribution in [3.63, 3.8) is 0 Å². The predicted molar refractivity (Wildman–Crippen MR) is 75.5 cm³/mol. The number of hydrogen-bond acceptors (Lipinski definition) is 4. The second-order valence-corrected chi connectivity index (χ2v) is 4.92. The number of rotatable bonds is 4. The maximum absolute atomic E-state index is 11.9. The molecule has 96 valence electrons. The summed E-state index contributed by atoms with van der Waals surface area (Å²) in [6.45, 7) is 1.98. The third-order valence-electron chi connectivity index (χ3n) is 2.65. The lowest BCUT2D eigenvalue weighted by Gasteiger charge is -1.95. The second-order valence-electron chi connectivity index (χ2n) is 3.97. The smallest absolute Gasteiger partial charge is 0.269 e. The second kappa shape index (κ2) is 5.58. The van der Waals surface area contributed by atoms with Gasteiger partial charge < -0.3 is 0 Å². The molecule has 0 unspecified atom stereocenters. The normalized spacial score (nSPS) is 10.8. The molecule has 19 heavy (non-hydrogen) atoms. The zero-order valence-electron chi connectivity index (χ0n) is 10.2. The molecular weight excluding hydrogens is 262 g/mol. The van der Waals surface area contributed by atoms with E-state index in [0.29, 0.717) is 5.56 Å². The van der Waals surface area contributed by atoms with E-state index < -0.39 is 4.92 Å². The van der Waals surface area contributed by atoms with Crippen LogP contribution in [0.15, 0.2) is 41.8 Å². The number of non-ortho nitro benzene ring substituents is 1. The van der Waals surface area contributed by atoms with Crippen LogP contribution in [0, 0.1) is 17.0 Å². The van der Waals surface area contributed by atoms with Crippen molar-refractivity contribution in [3.8, 4) is 0 Å². The van der Waals surface area contributed by atoms with E-state index in [0.717, 1.165) is 10.4 Å². The zero-order valence-corrected chi connectivity index (χ0v) is 11.0. The van der Waals surface area contributed by atoms with E-state index in [1.807, 2.05) is 18.4 Å². The fourth-order valence-corrected chi connectivity index (χ4v) is 2.37. The van der Waals surface area contributed by atoms with E-state index in [2.05, 4.69) is 0 Å². The molecule has 0 amide bonds. The van der Waals surface area contributed by atoms with E-state index in [9.17, 15) is 14.9 Å². The van der Waals surface area contributed by atoms with E-state index in [1.54, 1.807) is 17.4 Å². The Kier molecular flexibility index (Phi) is 3.87. The predicted octanol–water partition coefficient (Wildman–Crippen LogP) is 3.86. The van der Waals surface area contributed by atoms with Crippen LogP contribution in [0.2, 0.25) is 0 Å². The fraction of sp³-hybridized carbons (Fsp3) is 0.0714. The van der Waals surface area contributed by atoms with Crippen molar-refractivity contribution in [2.75, 3.05) is 0 Å². The summed E-state index contributed by atoms with van der Waals surface area (Å²) in [5, 5.41) is 12.5. The van der Waals surface area contributed by atoms with Gasteiger partial charge in [-0.3, -0.25) is 14.9 Å². The maximum Gasteiger partial charge on any atom is 0.269 e. The van der Waals surface area contributed by atoms with Crippen LogP contribution in [0.5, 0.6) is 0 Å². The number of benzene rings is 1. The molecule has 0 saturated heterocycles. The van der Waals surface area contributed by atoms with Crippen molar-refractivity contribution in [3.05, 3.63) is 67.9 Å². The van der Waals surface area contributed by atoms with E-state index in [-0.39, 0.29) is 11.5 Å². The summed E-state index contributed by atoms with van der Waals surface area (Å²) in [5.41, 5.74) is 1.54. The van der Waals surface area contributed by atoms with Gasteiger partial charge in [-0.2, -0.15) is 0 Å². The van der Waals surface area contributed by atoms with Crippen LogP contribution in [0.4, 0.5) is 5.69 Å². The van der Waals surface area contributed by atoms with E-state index in [1.165, 1.54) is 30.3 Å². The molecule has 0 fully saturated rings. The molecule has 2 aromatic rings. The molecule has 0 aliphatic heterocycles. The molecule has 0 saturated carbocycles. The molecular formula is C14H11NO3S. The molecule has 1 aromatic carbocycles. The molecule has 4 nitrogen and oxygen atoms in total. The monoisotopic (exact) mass is 273 g/mol. The number of carbonyl (C=O) groups excluding carboxylic acids is 1. The lowest BCUT2D eigenvalue weighted by atomic mass is 10.1. The average molecular weight is 273 g/mol. The third kappa shape index (κ3) is 3.14. The number of nitrogens with zero attached hydrogens (tertiary/aromatic N) is 1. The van der Waals surface area contributed by atoms with Gasteiger partial charge in [0.15, 0.2) is 5.78 Å². The Bertz CT molecular complexity index is 641. The van der Waals surface area contributed by atoms with Gasteiger partial charge in [0.05, 0.1) is 4.92 Å².